The molecule has 17 heteroatoms. The van der Waals surface area contributed by atoms with Crippen LogP contribution in [0.2, 0.25) is 0 Å². The van der Waals surface area contributed by atoms with Crippen molar-refractivity contribution >= 4 is 50.2 Å². The molecule has 2 unspecified atom stereocenters. The Hall–Kier alpha value is -1.63. The number of fused-ring (bicyclic) bond motifs is 1. The molecule has 0 spiro atoms. The molecular weight excluding hydrogens is 490 g/mol. The van der Waals surface area contributed by atoms with Crippen LogP contribution in [0, 0.1) is 0 Å². The van der Waals surface area contributed by atoms with Crippen molar-refractivity contribution in [2.75, 3.05) is 30.9 Å². The number of aromatic nitrogens is 4. The predicted octanol–water partition coefficient (Wildman–Crippen LogP) is -1.14. The number of carbonyl (C=O) groups is 1. The summed E-state index contributed by atoms with van der Waals surface area (Å²) in [6, 6.07) is 0. The van der Waals surface area contributed by atoms with Crippen molar-refractivity contribution in [1.82, 2.24) is 24.8 Å². The van der Waals surface area contributed by atoms with Crippen molar-refractivity contribution in [2.24, 2.45) is 0 Å². The molecule has 7 N–H and O–H groups in total. The first-order valence-corrected chi connectivity index (χ1v) is 13.6. The second-order valence-electron chi connectivity index (χ2n) is 6.87. The Kier molecular flexibility index (Phi) is 8.23. The number of amides is 1. The van der Waals surface area contributed by atoms with Gasteiger partial charge in [0.2, 0.25) is 11.9 Å². The maximum Gasteiger partial charge on any atom is 0.343 e. The van der Waals surface area contributed by atoms with E-state index in [1.54, 1.807) is 0 Å². The van der Waals surface area contributed by atoms with Crippen LogP contribution in [0.15, 0.2) is 11.1 Å². The monoisotopic (exact) mass is 512 g/mol. The number of nitrogens with zero attached hydrogens (tertiary/aromatic N) is 3. The van der Waals surface area contributed by atoms with Crippen molar-refractivity contribution in [3.8, 4) is 0 Å². The lowest BCUT2D eigenvalue weighted by Gasteiger charge is -2.17. The van der Waals surface area contributed by atoms with Crippen LogP contribution in [-0.4, -0.2) is 84.0 Å². The number of anilines is 1. The van der Waals surface area contributed by atoms with Crippen molar-refractivity contribution in [2.45, 2.75) is 31.0 Å². The smallest absolute Gasteiger partial charge is 0.343 e. The van der Waals surface area contributed by atoms with E-state index < -0.39 is 45.7 Å². The average Bonchev–Trinajstić information content (AvgIpc) is 3.27. The number of H-pyrrole nitrogens is 1. The first kappa shape index (κ1) is 25.0. The third-order valence-corrected chi connectivity index (χ3v) is 8.48. The summed E-state index contributed by atoms with van der Waals surface area (Å²) in [5.41, 5.74) is 5.02. The van der Waals surface area contributed by atoms with E-state index >= 15 is 0 Å². The highest BCUT2D eigenvalue weighted by Crippen LogP contribution is 2.61. The Morgan fingerprint density at radius 1 is 1.47 bits per heavy atom. The number of halogens is 1. The van der Waals surface area contributed by atoms with Gasteiger partial charge >= 0.3 is 7.28 Å². The molecule has 0 radical (unpaired) electrons. The maximum atomic E-state index is 12.2. The van der Waals surface area contributed by atoms with Crippen molar-refractivity contribution < 1.29 is 33.7 Å². The Morgan fingerprint density at radius 2 is 2.22 bits per heavy atom. The summed E-state index contributed by atoms with van der Waals surface area (Å²) in [5.74, 6) is -0.684. The number of rotatable bonds is 10. The first-order valence-electron chi connectivity index (χ1n) is 9.42. The molecule has 1 fully saturated rings. The number of carbonyl (C=O) groups excluding carboxylic acids is 1. The van der Waals surface area contributed by atoms with Gasteiger partial charge in [-0.3, -0.25) is 23.7 Å². The molecule has 2 aromatic rings. The lowest BCUT2D eigenvalue weighted by Crippen LogP contribution is -2.32. The summed E-state index contributed by atoms with van der Waals surface area (Å²) in [6.07, 6.45) is -3.41. The summed E-state index contributed by atoms with van der Waals surface area (Å²) in [6.45, 7) is 0.179. The van der Waals surface area contributed by atoms with Crippen LogP contribution in [0.5, 0.6) is 0 Å². The van der Waals surface area contributed by atoms with Crippen molar-refractivity contribution in [3.63, 3.8) is 0 Å². The average molecular weight is 513 g/mol. The normalized spacial score (nSPS) is 25.5. The van der Waals surface area contributed by atoms with Gasteiger partial charge in [0.1, 0.15) is 18.1 Å². The number of aromatic amines is 1. The molecule has 178 valence electrons. The van der Waals surface area contributed by atoms with Gasteiger partial charge in [-0.25, -0.2) is 4.98 Å². The third-order valence-electron chi connectivity index (χ3n) is 4.59. The number of aliphatic hydroxyl groups is 2. The second-order valence-corrected chi connectivity index (χ2v) is 11.8. The van der Waals surface area contributed by atoms with Crippen LogP contribution in [0.1, 0.15) is 12.6 Å². The van der Waals surface area contributed by atoms with Gasteiger partial charge in [0.15, 0.2) is 17.4 Å². The summed E-state index contributed by atoms with van der Waals surface area (Å²) in [7, 11) is -4.59. The number of hydrogen-bond donors (Lipinski definition) is 6. The van der Waals surface area contributed by atoms with Crippen LogP contribution >= 0.6 is 27.2 Å². The molecule has 0 bridgehead atoms. The minimum atomic E-state index is -3.97. The topological polar surface area (TPSA) is 215 Å². The highest BCUT2D eigenvalue weighted by atomic mass is 35.5. The van der Waals surface area contributed by atoms with Gasteiger partial charge in [0.05, 0.1) is 19.0 Å². The standard InChI is InChI=1S/C15H23ClN6O8P2/c16-4-8(23)18-2-1-3-29-32(27,28)31-5-7-10(24)11(25)14(30-7)22-6-19-9-12(22)20-15(17)21-13(9)26/h6-7,10-11,14,24-25,31H,1-5H2,(H,18,23)(H,27,28)(H3,17,20,21,26)/t7-,10-,11-,14-/m1/s1. The Labute approximate surface area is 187 Å². The zero-order valence-electron chi connectivity index (χ0n) is 16.5. The van der Waals surface area contributed by atoms with E-state index in [1.807, 2.05) is 0 Å². The van der Waals surface area contributed by atoms with E-state index in [-0.39, 0.29) is 48.2 Å². The second kappa shape index (κ2) is 10.5. The Morgan fingerprint density at radius 3 is 2.94 bits per heavy atom. The van der Waals surface area contributed by atoms with E-state index in [1.165, 1.54) is 10.9 Å². The Balaban J connectivity index is 1.57. The highest BCUT2D eigenvalue weighted by Gasteiger charge is 2.45. The number of hydrogen-bond acceptors (Lipinski definition) is 10. The number of nitrogens with two attached hydrogens (primary N) is 1. The first-order chi connectivity index (χ1) is 15.1. The molecular formula is C15H23ClN6O8P2. The van der Waals surface area contributed by atoms with Crippen LogP contribution in [-0.2, 0) is 18.6 Å². The van der Waals surface area contributed by atoms with Gasteiger partial charge in [-0.15, -0.1) is 11.6 Å². The van der Waals surface area contributed by atoms with Gasteiger partial charge in [-0.2, -0.15) is 4.98 Å². The Bertz CT molecular complexity index is 1070. The molecule has 3 heterocycles. The number of alkyl halides is 1. The predicted molar refractivity (Wildman–Crippen MR) is 116 cm³/mol. The van der Waals surface area contributed by atoms with Gasteiger partial charge in [0.25, 0.3) is 5.56 Å². The van der Waals surface area contributed by atoms with Crippen LogP contribution in [0.25, 0.3) is 11.2 Å². The van der Waals surface area contributed by atoms with Crippen molar-refractivity contribution in [1.29, 1.82) is 0 Å². The van der Waals surface area contributed by atoms with Gasteiger partial charge in [-0.05, 0) is 6.42 Å². The number of nitrogens with one attached hydrogen (secondary N) is 2. The van der Waals surface area contributed by atoms with E-state index in [0.29, 0.717) is 6.42 Å². The summed E-state index contributed by atoms with van der Waals surface area (Å²) >= 11 is 5.34. The molecule has 0 aliphatic carbocycles. The minimum absolute atomic E-state index is 0.0229. The SMILES string of the molecule is Nc1nc2c(ncn2[C@@H]2O[C@H](CPP(=O)(O)OCCCNC(=O)CCl)[C@@H](O)[C@H]2O)c(=O)[nH]1. The summed E-state index contributed by atoms with van der Waals surface area (Å²) in [5, 5.41) is 23.3. The molecule has 14 nitrogen and oxygen atoms in total. The van der Waals surface area contributed by atoms with E-state index in [4.69, 9.17) is 26.6 Å². The van der Waals surface area contributed by atoms with E-state index in [2.05, 4.69) is 20.3 Å². The molecule has 0 aromatic carbocycles. The number of aliphatic hydroxyl groups excluding tert-OH is 2. The van der Waals surface area contributed by atoms with Gasteiger partial charge in [0, 0.05) is 21.0 Å². The molecule has 3 rings (SSSR count). The minimum Gasteiger partial charge on any atom is -0.388 e. The molecule has 1 aliphatic rings. The van der Waals surface area contributed by atoms with Crippen molar-refractivity contribution in [3.05, 3.63) is 16.7 Å². The summed E-state index contributed by atoms with van der Waals surface area (Å²) in [4.78, 5) is 43.2. The molecule has 6 atom stereocenters. The zero-order chi connectivity index (χ0) is 23.5. The van der Waals surface area contributed by atoms with Crippen LogP contribution in [0.4, 0.5) is 5.95 Å². The highest BCUT2D eigenvalue weighted by molar-refractivity contribution is 8.19. The lowest BCUT2D eigenvalue weighted by molar-refractivity contribution is -0.118. The van der Waals surface area contributed by atoms with Crippen LogP contribution < -0.4 is 16.6 Å². The van der Waals surface area contributed by atoms with E-state index in [0.717, 1.165) is 0 Å². The molecule has 1 saturated heterocycles. The zero-order valence-corrected chi connectivity index (χ0v) is 19.2. The quantitative estimate of drug-likeness (QED) is 0.127. The fraction of sp³-hybridized carbons (Fsp3) is 0.600. The maximum absolute atomic E-state index is 12.2. The molecule has 32 heavy (non-hydrogen) atoms. The molecule has 1 amide bonds. The van der Waals surface area contributed by atoms with Gasteiger partial charge < -0.3 is 35.4 Å². The fourth-order valence-corrected chi connectivity index (χ4v) is 6.13. The summed E-state index contributed by atoms with van der Waals surface area (Å²) < 4.78 is 24.2. The molecule has 1 aliphatic heterocycles. The third kappa shape index (κ3) is 5.83. The number of imidazole rings is 1. The number of nitrogen functional groups attached to an aromatic ring is 1. The van der Waals surface area contributed by atoms with Crippen LogP contribution in [0.3, 0.4) is 0 Å². The van der Waals surface area contributed by atoms with E-state index in [9.17, 15) is 29.3 Å². The molecule has 0 saturated carbocycles. The fourth-order valence-electron chi connectivity index (χ4n) is 3.04. The molecule has 2 aromatic heterocycles. The largest absolute Gasteiger partial charge is 0.388 e. The number of ether oxygens (including phenoxy) is 1. The lowest BCUT2D eigenvalue weighted by atomic mass is 10.1. The van der Waals surface area contributed by atoms with Gasteiger partial charge in [-0.1, -0.05) is 0 Å².